The van der Waals surface area contributed by atoms with Gasteiger partial charge in [0.25, 0.3) is 11.7 Å². The first-order chi connectivity index (χ1) is 15.0. The monoisotopic (exact) mass is 452 g/mol. The number of aromatic nitrogens is 1. The molecule has 0 fully saturated rings. The first-order valence-electron chi connectivity index (χ1n) is 9.62. The highest BCUT2D eigenvalue weighted by molar-refractivity contribution is 6.47. The van der Waals surface area contributed by atoms with Crippen LogP contribution in [0.3, 0.4) is 0 Å². The molecule has 1 amide bonds. The van der Waals surface area contributed by atoms with Gasteiger partial charge >= 0.3 is 0 Å². The number of carbonyl (C=O) groups excluding carboxylic acids is 2. The Kier molecular flexibility index (Phi) is 5.98. The predicted molar refractivity (Wildman–Crippen MR) is 123 cm³/mol. The van der Waals surface area contributed by atoms with Gasteiger partial charge in [0.1, 0.15) is 11.4 Å². The summed E-state index contributed by atoms with van der Waals surface area (Å²) >= 11 is 11.9. The van der Waals surface area contributed by atoms with E-state index in [1.165, 1.54) is 6.07 Å². The highest BCUT2D eigenvalue weighted by atomic mass is 35.5. The Hall–Kier alpha value is -3.28. The van der Waals surface area contributed by atoms with Gasteiger partial charge in [-0.3, -0.25) is 9.59 Å². The Bertz CT molecular complexity index is 1280. The number of ketones is 1. The zero-order valence-electron chi connectivity index (χ0n) is 16.6. The third kappa shape index (κ3) is 4.29. The number of pyridine rings is 1. The Morgan fingerprint density at radius 2 is 1.74 bits per heavy atom. The van der Waals surface area contributed by atoms with Gasteiger partial charge in [0.15, 0.2) is 0 Å². The lowest BCUT2D eigenvalue weighted by Gasteiger charge is -2.09. The number of halogens is 2. The fourth-order valence-corrected chi connectivity index (χ4v) is 3.64. The van der Waals surface area contributed by atoms with Crippen LogP contribution in [-0.2, 0) is 4.79 Å². The van der Waals surface area contributed by atoms with E-state index in [1.54, 1.807) is 22.7 Å². The van der Waals surface area contributed by atoms with Gasteiger partial charge in [-0.1, -0.05) is 41.4 Å². The molecule has 0 spiro atoms. The molecule has 0 unspecified atom stereocenters. The molecule has 0 saturated carbocycles. The second-order valence-electron chi connectivity index (χ2n) is 6.77. The molecule has 4 rings (SSSR count). The number of fused-ring (bicyclic) bond motifs is 1. The molecule has 156 valence electrons. The average molecular weight is 453 g/mol. The number of hydrogen-bond acceptors (Lipinski definition) is 3. The number of anilines is 1. The van der Waals surface area contributed by atoms with E-state index < -0.39 is 11.7 Å². The fraction of sp³-hybridized carbons (Fsp3) is 0.0833. The van der Waals surface area contributed by atoms with Crippen LogP contribution in [0.4, 0.5) is 5.69 Å². The zero-order chi connectivity index (χ0) is 22.0. The molecule has 4 aromatic rings. The zero-order valence-corrected chi connectivity index (χ0v) is 18.1. The van der Waals surface area contributed by atoms with E-state index >= 15 is 0 Å². The maximum Gasteiger partial charge on any atom is 0.298 e. The third-order valence-corrected chi connectivity index (χ3v) is 5.49. The van der Waals surface area contributed by atoms with Crippen molar-refractivity contribution in [1.82, 2.24) is 4.40 Å². The van der Waals surface area contributed by atoms with Crippen molar-refractivity contribution in [2.24, 2.45) is 0 Å². The number of nitrogens with zero attached hydrogens (tertiary/aromatic N) is 1. The molecule has 31 heavy (non-hydrogen) atoms. The lowest BCUT2D eigenvalue weighted by molar-refractivity contribution is -0.112. The van der Waals surface area contributed by atoms with Gasteiger partial charge in [0.05, 0.1) is 16.7 Å². The summed E-state index contributed by atoms with van der Waals surface area (Å²) in [6.45, 7) is 2.48. The van der Waals surface area contributed by atoms with Crippen LogP contribution in [0.25, 0.3) is 16.6 Å². The van der Waals surface area contributed by atoms with Crippen molar-refractivity contribution in [3.63, 3.8) is 0 Å². The molecule has 5 nitrogen and oxygen atoms in total. The van der Waals surface area contributed by atoms with E-state index in [1.807, 2.05) is 55.5 Å². The largest absolute Gasteiger partial charge is 0.494 e. The smallest absolute Gasteiger partial charge is 0.298 e. The Balaban J connectivity index is 1.73. The molecular formula is C24H18Cl2N2O3. The van der Waals surface area contributed by atoms with Crippen molar-refractivity contribution in [3.05, 3.63) is 88.7 Å². The SMILES string of the molecule is CCOc1ccc(-c2cc3ccccn3c2C(=O)C(=O)Nc2ccc(Cl)c(Cl)c2)cc1. The molecule has 2 aromatic carbocycles. The van der Waals surface area contributed by atoms with Gasteiger partial charge < -0.3 is 14.5 Å². The number of rotatable bonds is 6. The molecule has 0 aliphatic carbocycles. The van der Waals surface area contributed by atoms with E-state index in [9.17, 15) is 9.59 Å². The Morgan fingerprint density at radius 3 is 2.45 bits per heavy atom. The minimum Gasteiger partial charge on any atom is -0.494 e. The van der Waals surface area contributed by atoms with Gasteiger partial charge in [-0.25, -0.2) is 0 Å². The molecule has 2 heterocycles. The van der Waals surface area contributed by atoms with Crippen LogP contribution >= 0.6 is 23.2 Å². The maximum absolute atomic E-state index is 13.2. The summed E-state index contributed by atoms with van der Waals surface area (Å²) < 4.78 is 7.21. The number of nitrogens with one attached hydrogen (secondary N) is 1. The summed E-state index contributed by atoms with van der Waals surface area (Å²) in [5.41, 5.74) is 2.92. The second-order valence-corrected chi connectivity index (χ2v) is 7.59. The van der Waals surface area contributed by atoms with Crippen LogP contribution in [0, 0.1) is 0 Å². The number of amides is 1. The van der Waals surface area contributed by atoms with Crippen molar-refractivity contribution in [3.8, 4) is 16.9 Å². The van der Waals surface area contributed by atoms with Crippen LogP contribution in [0.5, 0.6) is 5.75 Å². The molecule has 0 aliphatic heterocycles. The summed E-state index contributed by atoms with van der Waals surface area (Å²) in [4.78, 5) is 26.0. The summed E-state index contributed by atoms with van der Waals surface area (Å²) in [6.07, 6.45) is 1.76. The first kappa shape index (κ1) is 21.0. The van der Waals surface area contributed by atoms with Crippen LogP contribution in [0.2, 0.25) is 10.0 Å². The molecule has 2 aromatic heterocycles. The van der Waals surface area contributed by atoms with Gasteiger partial charge in [-0.2, -0.15) is 0 Å². The lowest BCUT2D eigenvalue weighted by Crippen LogP contribution is -2.24. The highest BCUT2D eigenvalue weighted by Gasteiger charge is 2.25. The summed E-state index contributed by atoms with van der Waals surface area (Å²) in [7, 11) is 0. The molecular weight excluding hydrogens is 435 g/mol. The van der Waals surface area contributed by atoms with E-state index in [4.69, 9.17) is 27.9 Å². The van der Waals surface area contributed by atoms with Gasteiger partial charge in [0.2, 0.25) is 0 Å². The van der Waals surface area contributed by atoms with Crippen LogP contribution < -0.4 is 10.1 Å². The average Bonchev–Trinajstić information content (AvgIpc) is 3.16. The Morgan fingerprint density at radius 1 is 0.968 bits per heavy atom. The van der Waals surface area contributed by atoms with E-state index in [0.717, 1.165) is 16.8 Å². The highest BCUT2D eigenvalue weighted by Crippen LogP contribution is 2.30. The third-order valence-electron chi connectivity index (χ3n) is 4.75. The second kappa shape index (κ2) is 8.84. The normalized spacial score (nSPS) is 10.8. The number of hydrogen-bond donors (Lipinski definition) is 1. The fourth-order valence-electron chi connectivity index (χ4n) is 3.34. The summed E-state index contributed by atoms with van der Waals surface area (Å²) in [6, 6.07) is 19.5. The van der Waals surface area contributed by atoms with E-state index in [2.05, 4.69) is 5.32 Å². The van der Waals surface area contributed by atoms with Crippen molar-refractivity contribution in [2.45, 2.75) is 6.92 Å². The van der Waals surface area contributed by atoms with Gasteiger partial charge in [0, 0.05) is 23.0 Å². The summed E-state index contributed by atoms with van der Waals surface area (Å²) in [5, 5.41) is 3.25. The molecule has 7 heteroatoms. The Labute approximate surface area is 189 Å². The number of ether oxygens (including phenoxy) is 1. The first-order valence-corrected chi connectivity index (χ1v) is 10.4. The topological polar surface area (TPSA) is 59.8 Å². The molecule has 0 bridgehead atoms. The predicted octanol–water partition coefficient (Wildman–Crippen LogP) is 6.13. The number of carbonyl (C=O) groups is 2. The maximum atomic E-state index is 13.2. The van der Waals surface area contributed by atoms with Crippen molar-refractivity contribution in [2.75, 3.05) is 11.9 Å². The summed E-state index contributed by atoms with van der Waals surface area (Å²) in [5.74, 6) is -0.698. The van der Waals surface area contributed by atoms with Crippen LogP contribution in [0.1, 0.15) is 17.4 Å². The van der Waals surface area contributed by atoms with Gasteiger partial charge in [-0.05, 0) is 61.0 Å². The quantitative estimate of drug-likeness (QED) is 0.282. The number of benzene rings is 2. The number of Topliss-reactive ketones (excluding diaryl/α,β-unsaturated/α-hetero) is 1. The molecule has 0 radical (unpaired) electrons. The van der Waals surface area contributed by atoms with E-state index in [0.29, 0.717) is 22.9 Å². The van der Waals surface area contributed by atoms with Crippen LogP contribution in [-0.4, -0.2) is 22.7 Å². The van der Waals surface area contributed by atoms with E-state index in [-0.39, 0.29) is 10.7 Å². The molecule has 1 N–H and O–H groups in total. The minimum atomic E-state index is -0.769. The molecule has 0 atom stereocenters. The van der Waals surface area contributed by atoms with Crippen molar-refractivity contribution >= 4 is 46.1 Å². The molecule has 0 saturated heterocycles. The molecule has 0 aliphatic rings. The van der Waals surface area contributed by atoms with Crippen molar-refractivity contribution in [1.29, 1.82) is 0 Å². The lowest BCUT2D eigenvalue weighted by atomic mass is 10.0. The minimum absolute atomic E-state index is 0.275. The standard InChI is InChI=1S/C24H18Cl2N2O3/c1-2-31-18-9-6-15(7-10-18)19-14-17-5-3-4-12-28(17)22(19)23(29)24(30)27-16-8-11-20(25)21(26)13-16/h3-14H,2H2,1H3,(H,27,30). The van der Waals surface area contributed by atoms with Gasteiger partial charge in [-0.15, -0.1) is 0 Å². The van der Waals surface area contributed by atoms with Crippen LogP contribution in [0.15, 0.2) is 72.9 Å². The van der Waals surface area contributed by atoms with Crippen molar-refractivity contribution < 1.29 is 14.3 Å².